The number of likely N-dealkylation sites (tertiary alicyclic amines) is 2. The highest BCUT2D eigenvalue weighted by atomic mass is 16.4. The number of carbonyl (C=O) groups is 6. The molecule has 19 nitrogen and oxygen atoms in total. The predicted octanol–water partition coefficient (Wildman–Crippen LogP) is -1.97. The molecule has 0 aromatic carbocycles. The molecule has 300 valence electrons. The largest absolute Gasteiger partial charge is 0.480 e. The molecule has 2 aliphatic rings. The number of nitrogens with zero attached hydrogens (tertiary/aromatic N) is 4. The first-order valence-corrected chi connectivity index (χ1v) is 18.6. The third kappa shape index (κ3) is 13.4. The van der Waals surface area contributed by atoms with Crippen molar-refractivity contribution in [1.29, 1.82) is 0 Å². The average Bonchev–Trinajstić information content (AvgIpc) is 3.82. The minimum Gasteiger partial charge on any atom is -0.480 e. The van der Waals surface area contributed by atoms with Crippen LogP contribution in [0.4, 0.5) is 0 Å². The number of hydrogen-bond donors (Lipinski definition) is 9. The normalized spacial score (nSPS) is 20.2. The van der Waals surface area contributed by atoms with Crippen LogP contribution in [0.3, 0.4) is 0 Å². The molecule has 53 heavy (non-hydrogen) atoms. The van der Waals surface area contributed by atoms with Gasteiger partial charge in [-0.3, -0.25) is 34.0 Å². The molecule has 2 saturated heterocycles. The van der Waals surface area contributed by atoms with Gasteiger partial charge in [-0.2, -0.15) is 0 Å². The molecular weight excluding hydrogens is 688 g/mol. The number of aliphatic imine (C=N–C) groups is 2. The van der Waals surface area contributed by atoms with Crippen molar-refractivity contribution in [2.45, 2.75) is 128 Å². The Hall–Kier alpha value is -4.68. The van der Waals surface area contributed by atoms with Crippen molar-refractivity contribution in [3.05, 3.63) is 0 Å². The number of rotatable bonds is 21. The molecule has 8 atom stereocenters. The van der Waals surface area contributed by atoms with Crippen molar-refractivity contribution in [2.75, 3.05) is 26.2 Å². The Balaban J connectivity index is 2.32. The van der Waals surface area contributed by atoms with Crippen LogP contribution in [-0.2, 0) is 28.8 Å². The van der Waals surface area contributed by atoms with Crippen LogP contribution in [0.25, 0.3) is 0 Å². The summed E-state index contributed by atoms with van der Waals surface area (Å²) in [6.45, 7) is 8.16. The lowest BCUT2D eigenvalue weighted by atomic mass is 9.98. The highest BCUT2D eigenvalue weighted by Crippen LogP contribution is 2.26. The zero-order valence-corrected chi connectivity index (χ0v) is 31.6. The molecular formula is C34H62N12O7. The van der Waals surface area contributed by atoms with Crippen LogP contribution in [0.15, 0.2) is 9.98 Å². The lowest BCUT2D eigenvalue weighted by Crippen LogP contribution is -2.59. The Morgan fingerprint density at radius 2 is 1.25 bits per heavy atom. The zero-order chi connectivity index (χ0) is 39.8. The second-order valence-electron chi connectivity index (χ2n) is 14.0. The maximum atomic E-state index is 14.3. The molecule has 2 aliphatic heterocycles. The minimum atomic E-state index is -1.15. The number of carbonyl (C=O) groups excluding carboxylic acids is 5. The second kappa shape index (κ2) is 21.8. The Morgan fingerprint density at radius 3 is 1.77 bits per heavy atom. The van der Waals surface area contributed by atoms with Crippen LogP contribution < -0.4 is 44.6 Å². The summed E-state index contributed by atoms with van der Waals surface area (Å²) in [6.07, 6.45) is 3.79. The van der Waals surface area contributed by atoms with E-state index in [2.05, 4.69) is 25.9 Å². The minimum absolute atomic E-state index is 0.112. The van der Waals surface area contributed by atoms with Gasteiger partial charge in [-0.25, -0.2) is 4.79 Å². The van der Waals surface area contributed by atoms with E-state index in [1.54, 1.807) is 6.92 Å². The van der Waals surface area contributed by atoms with E-state index in [0.717, 1.165) is 0 Å². The second-order valence-corrected chi connectivity index (χ2v) is 14.0. The van der Waals surface area contributed by atoms with Gasteiger partial charge in [0.1, 0.15) is 30.2 Å². The molecule has 0 saturated carbocycles. The first kappa shape index (κ1) is 44.5. The molecule has 0 aromatic heterocycles. The Labute approximate surface area is 311 Å². The summed E-state index contributed by atoms with van der Waals surface area (Å²) in [6, 6.07) is -5.96. The van der Waals surface area contributed by atoms with Gasteiger partial charge in [0.25, 0.3) is 0 Å². The van der Waals surface area contributed by atoms with Crippen LogP contribution in [0.1, 0.15) is 91.9 Å². The van der Waals surface area contributed by atoms with Gasteiger partial charge in [0.05, 0.1) is 6.04 Å². The van der Waals surface area contributed by atoms with Crippen LogP contribution in [0.2, 0.25) is 0 Å². The summed E-state index contributed by atoms with van der Waals surface area (Å²) in [5, 5.41) is 17.8. The van der Waals surface area contributed by atoms with E-state index < -0.39 is 71.8 Å². The fourth-order valence-electron chi connectivity index (χ4n) is 6.50. The summed E-state index contributed by atoms with van der Waals surface area (Å²) in [4.78, 5) is 91.2. The maximum absolute atomic E-state index is 14.3. The number of aliphatic carboxylic acids is 1. The standard InChI is InChI=1S/C34H62N12O7/c1-5-19(3)25(35)29(49)42-21(11-7-15-40-33(36)37)27(47)43-22(12-8-16-41-34(38)39)30(50)46-18-10-14-24(46)31(51)45-17-9-13-23(45)28(48)44-26(32(52)53)20(4)6-2/h19-26H,5-18,35H2,1-4H3,(H,42,49)(H,43,47)(H,44,48)(H,52,53)(H4,36,37,40)(H4,38,39,41). The van der Waals surface area contributed by atoms with Crippen molar-refractivity contribution in [3.63, 3.8) is 0 Å². The number of nitrogens with one attached hydrogen (secondary N) is 3. The van der Waals surface area contributed by atoms with E-state index in [-0.39, 0.29) is 62.8 Å². The van der Waals surface area contributed by atoms with Gasteiger partial charge in [0.2, 0.25) is 29.5 Å². The Bertz CT molecular complexity index is 1340. The summed E-state index contributed by atoms with van der Waals surface area (Å²) < 4.78 is 0. The maximum Gasteiger partial charge on any atom is 0.326 e. The molecule has 0 spiro atoms. The molecule has 2 rings (SSSR count). The summed E-state index contributed by atoms with van der Waals surface area (Å²) in [5.74, 6) is -4.53. The number of carboxylic acid groups (broad SMARTS) is 1. The van der Waals surface area contributed by atoms with Gasteiger partial charge >= 0.3 is 5.97 Å². The van der Waals surface area contributed by atoms with Crippen molar-refractivity contribution in [2.24, 2.45) is 50.5 Å². The quantitative estimate of drug-likeness (QED) is 0.0351. The molecule has 0 bridgehead atoms. The number of guanidine groups is 2. The smallest absolute Gasteiger partial charge is 0.326 e. The molecule has 2 fully saturated rings. The molecule has 14 N–H and O–H groups in total. The Morgan fingerprint density at radius 1 is 0.736 bits per heavy atom. The van der Waals surface area contributed by atoms with Crippen molar-refractivity contribution in [3.8, 4) is 0 Å². The first-order valence-electron chi connectivity index (χ1n) is 18.6. The van der Waals surface area contributed by atoms with Gasteiger partial charge in [0, 0.05) is 26.2 Å². The molecule has 0 aliphatic carbocycles. The molecule has 8 unspecified atom stereocenters. The topological polar surface area (TPSA) is 320 Å². The SMILES string of the molecule is CCC(C)C(N)C(=O)NC(CCCN=C(N)N)C(=O)NC(CCCN=C(N)N)C(=O)N1CCCC1C(=O)N1CCCC1C(=O)NC(C(=O)O)C(C)CC. The van der Waals surface area contributed by atoms with Crippen LogP contribution in [0, 0.1) is 11.8 Å². The Kier molecular flexibility index (Phi) is 18.3. The van der Waals surface area contributed by atoms with E-state index >= 15 is 0 Å². The zero-order valence-electron chi connectivity index (χ0n) is 31.6. The first-order chi connectivity index (χ1) is 25.0. The summed E-state index contributed by atoms with van der Waals surface area (Å²) >= 11 is 0. The van der Waals surface area contributed by atoms with Crippen molar-refractivity contribution in [1.82, 2.24) is 25.8 Å². The third-order valence-electron chi connectivity index (χ3n) is 10.1. The van der Waals surface area contributed by atoms with Crippen LogP contribution in [0.5, 0.6) is 0 Å². The average molecular weight is 751 g/mol. The number of hydrogen-bond acceptors (Lipinski definition) is 9. The highest BCUT2D eigenvalue weighted by Gasteiger charge is 2.44. The van der Waals surface area contributed by atoms with E-state index in [0.29, 0.717) is 51.4 Å². The van der Waals surface area contributed by atoms with Crippen molar-refractivity contribution >= 4 is 47.4 Å². The highest BCUT2D eigenvalue weighted by molar-refractivity contribution is 5.97. The van der Waals surface area contributed by atoms with Gasteiger partial charge in [-0.05, 0) is 63.2 Å². The molecule has 5 amide bonds. The number of amides is 5. The van der Waals surface area contributed by atoms with Crippen LogP contribution in [-0.4, -0.2) is 125 Å². The molecule has 19 heteroatoms. The van der Waals surface area contributed by atoms with Gasteiger partial charge < -0.3 is 59.5 Å². The third-order valence-corrected chi connectivity index (χ3v) is 10.1. The van der Waals surface area contributed by atoms with Crippen molar-refractivity contribution < 1.29 is 33.9 Å². The number of carboxylic acids is 1. The van der Waals surface area contributed by atoms with E-state index in [4.69, 9.17) is 28.7 Å². The lowest BCUT2D eigenvalue weighted by molar-refractivity contribution is -0.149. The van der Waals surface area contributed by atoms with E-state index in [1.165, 1.54) is 9.80 Å². The molecule has 2 heterocycles. The lowest BCUT2D eigenvalue weighted by Gasteiger charge is -2.34. The molecule has 0 aromatic rings. The fraction of sp³-hybridized carbons (Fsp3) is 0.765. The number of nitrogens with two attached hydrogens (primary N) is 5. The van der Waals surface area contributed by atoms with Crippen LogP contribution >= 0.6 is 0 Å². The van der Waals surface area contributed by atoms with Gasteiger partial charge in [-0.15, -0.1) is 0 Å². The van der Waals surface area contributed by atoms with E-state index in [1.807, 2.05) is 20.8 Å². The summed E-state index contributed by atoms with van der Waals surface area (Å²) in [7, 11) is 0. The predicted molar refractivity (Wildman–Crippen MR) is 200 cm³/mol. The fourth-order valence-corrected chi connectivity index (χ4v) is 6.50. The van der Waals surface area contributed by atoms with E-state index in [9.17, 15) is 33.9 Å². The monoisotopic (exact) mass is 750 g/mol. The van der Waals surface area contributed by atoms with Gasteiger partial charge in [0.15, 0.2) is 11.9 Å². The van der Waals surface area contributed by atoms with Gasteiger partial charge in [-0.1, -0.05) is 40.5 Å². The summed E-state index contributed by atoms with van der Waals surface area (Å²) in [5.41, 5.74) is 28.0. The molecule has 0 radical (unpaired) electrons.